The molecule has 1 heterocycles. The van der Waals surface area contributed by atoms with Gasteiger partial charge < -0.3 is 15.4 Å². The molecule has 0 radical (unpaired) electrons. The van der Waals surface area contributed by atoms with E-state index in [0.717, 1.165) is 37.2 Å². The number of hydrogen-bond acceptors (Lipinski definition) is 5. The lowest BCUT2D eigenvalue weighted by atomic mass is 10.1. The van der Waals surface area contributed by atoms with Crippen molar-refractivity contribution >= 4 is 17.4 Å². The number of anilines is 1. The van der Waals surface area contributed by atoms with Gasteiger partial charge in [-0.25, -0.2) is 4.79 Å². The Morgan fingerprint density at radius 3 is 2.68 bits per heavy atom. The number of urea groups is 1. The van der Waals surface area contributed by atoms with E-state index in [0.29, 0.717) is 12.2 Å². The van der Waals surface area contributed by atoms with E-state index in [1.165, 1.54) is 18.2 Å². The highest BCUT2D eigenvalue weighted by molar-refractivity contribution is 5.89. The first-order valence-corrected chi connectivity index (χ1v) is 9.24. The van der Waals surface area contributed by atoms with Gasteiger partial charge in [-0.1, -0.05) is 18.2 Å². The number of nitro benzene ring substituents is 1. The average molecular weight is 384 g/mol. The lowest BCUT2D eigenvalue weighted by molar-refractivity contribution is -0.384. The van der Waals surface area contributed by atoms with Gasteiger partial charge in [-0.2, -0.15) is 0 Å². The van der Waals surface area contributed by atoms with Crippen molar-refractivity contribution in [2.45, 2.75) is 18.9 Å². The van der Waals surface area contributed by atoms with E-state index in [1.54, 1.807) is 13.2 Å². The van der Waals surface area contributed by atoms with Gasteiger partial charge in [0, 0.05) is 24.4 Å². The van der Waals surface area contributed by atoms with Crippen LogP contribution in [0.5, 0.6) is 5.75 Å². The standard InChI is InChI=1S/C20H24N4O4/c1-28-18-9-4-6-15(12-18)19(23-10-2-3-11-23)14-21-20(25)22-16-7-5-8-17(13-16)24(26)27/h4-9,12-13,19H,2-3,10-11,14H2,1H3,(H2,21,22,25). The summed E-state index contributed by atoms with van der Waals surface area (Å²) in [6, 6.07) is 13.4. The van der Waals surface area contributed by atoms with Crippen LogP contribution in [0.2, 0.25) is 0 Å². The Morgan fingerprint density at radius 1 is 1.21 bits per heavy atom. The van der Waals surface area contributed by atoms with Gasteiger partial charge in [-0.15, -0.1) is 0 Å². The first-order chi connectivity index (χ1) is 13.6. The number of nitrogens with one attached hydrogen (secondary N) is 2. The molecular weight excluding hydrogens is 360 g/mol. The molecule has 0 aliphatic carbocycles. The van der Waals surface area contributed by atoms with Crippen LogP contribution in [0.3, 0.4) is 0 Å². The molecule has 8 nitrogen and oxygen atoms in total. The van der Waals surface area contributed by atoms with Gasteiger partial charge in [0.2, 0.25) is 0 Å². The topological polar surface area (TPSA) is 96.7 Å². The van der Waals surface area contributed by atoms with E-state index >= 15 is 0 Å². The third kappa shape index (κ3) is 4.98. The molecule has 0 aromatic heterocycles. The van der Waals surface area contributed by atoms with Crippen molar-refractivity contribution in [3.05, 3.63) is 64.2 Å². The van der Waals surface area contributed by atoms with Crippen molar-refractivity contribution in [2.24, 2.45) is 0 Å². The molecule has 1 unspecified atom stereocenters. The van der Waals surface area contributed by atoms with Crippen molar-refractivity contribution in [1.29, 1.82) is 0 Å². The van der Waals surface area contributed by atoms with Crippen LogP contribution in [0.25, 0.3) is 0 Å². The second-order valence-electron chi connectivity index (χ2n) is 6.68. The largest absolute Gasteiger partial charge is 0.497 e. The molecule has 0 saturated carbocycles. The molecule has 0 spiro atoms. The van der Waals surface area contributed by atoms with Gasteiger partial charge in [-0.3, -0.25) is 15.0 Å². The maximum atomic E-state index is 12.3. The maximum absolute atomic E-state index is 12.3. The van der Waals surface area contributed by atoms with Crippen LogP contribution in [0.15, 0.2) is 48.5 Å². The predicted molar refractivity (Wildman–Crippen MR) is 107 cm³/mol. The molecule has 28 heavy (non-hydrogen) atoms. The van der Waals surface area contributed by atoms with Crippen molar-refractivity contribution in [1.82, 2.24) is 10.2 Å². The Bertz CT molecular complexity index is 836. The molecule has 8 heteroatoms. The summed E-state index contributed by atoms with van der Waals surface area (Å²) in [6.45, 7) is 2.39. The Morgan fingerprint density at radius 2 is 1.96 bits per heavy atom. The fourth-order valence-electron chi connectivity index (χ4n) is 3.42. The van der Waals surface area contributed by atoms with E-state index in [2.05, 4.69) is 15.5 Å². The number of nitro groups is 1. The summed E-state index contributed by atoms with van der Waals surface area (Å²) in [6.07, 6.45) is 2.28. The second-order valence-corrected chi connectivity index (χ2v) is 6.68. The van der Waals surface area contributed by atoms with Gasteiger partial charge in [-0.05, 0) is 49.7 Å². The number of carbonyl (C=O) groups is 1. The van der Waals surface area contributed by atoms with Crippen LogP contribution >= 0.6 is 0 Å². The highest BCUT2D eigenvalue weighted by Crippen LogP contribution is 2.27. The maximum Gasteiger partial charge on any atom is 0.319 e. The molecule has 3 rings (SSSR count). The van der Waals surface area contributed by atoms with Gasteiger partial charge in [0.15, 0.2) is 0 Å². The number of ether oxygens (including phenoxy) is 1. The highest BCUT2D eigenvalue weighted by Gasteiger charge is 2.24. The number of amides is 2. The molecule has 148 valence electrons. The van der Waals surface area contributed by atoms with Crippen LogP contribution in [0, 0.1) is 10.1 Å². The summed E-state index contributed by atoms with van der Waals surface area (Å²) < 4.78 is 5.33. The quantitative estimate of drug-likeness (QED) is 0.562. The minimum Gasteiger partial charge on any atom is -0.497 e. The fourth-order valence-corrected chi connectivity index (χ4v) is 3.42. The molecule has 2 N–H and O–H groups in total. The number of likely N-dealkylation sites (tertiary alicyclic amines) is 1. The summed E-state index contributed by atoms with van der Waals surface area (Å²) in [4.78, 5) is 25.1. The zero-order valence-corrected chi connectivity index (χ0v) is 15.8. The lowest BCUT2D eigenvalue weighted by Gasteiger charge is -2.28. The van der Waals surface area contributed by atoms with Crippen LogP contribution < -0.4 is 15.4 Å². The molecule has 1 aliphatic heterocycles. The minimum absolute atomic E-state index is 0.0356. The molecule has 1 atom stereocenters. The molecule has 2 aromatic rings. The van der Waals surface area contributed by atoms with Crippen LogP contribution in [-0.2, 0) is 0 Å². The SMILES string of the molecule is COc1cccc(C(CNC(=O)Nc2cccc([N+](=O)[O-])c2)N2CCCC2)c1. The second kappa shape index (κ2) is 9.18. The third-order valence-electron chi connectivity index (χ3n) is 4.83. The van der Waals surface area contributed by atoms with Gasteiger partial charge >= 0.3 is 6.03 Å². The number of rotatable bonds is 7. The summed E-state index contributed by atoms with van der Waals surface area (Å²) in [5.74, 6) is 0.780. The monoisotopic (exact) mass is 384 g/mol. The Kier molecular flexibility index (Phi) is 6.44. The summed E-state index contributed by atoms with van der Waals surface area (Å²) in [5, 5.41) is 16.4. The fraction of sp³-hybridized carbons (Fsp3) is 0.350. The van der Waals surface area contributed by atoms with Gasteiger partial charge in [0.05, 0.1) is 18.1 Å². The Balaban J connectivity index is 1.66. The van der Waals surface area contributed by atoms with Crippen LogP contribution in [-0.4, -0.2) is 42.6 Å². The van der Waals surface area contributed by atoms with Crippen molar-refractivity contribution in [3.63, 3.8) is 0 Å². The van der Waals surface area contributed by atoms with Gasteiger partial charge in [0.1, 0.15) is 5.75 Å². The van der Waals surface area contributed by atoms with E-state index in [4.69, 9.17) is 4.74 Å². The average Bonchev–Trinajstić information content (AvgIpc) is 3.23. The lowest BCUT2D eigenvalue weighted by Crippen LogP contribution is -2.38. The molecule has 1 fully saturated rings. The normalized spacial score (nSPS) is 15.0. The van der Waals surface area contributed by atoms with E-state index in [-0.39, 0.29) is 11.7 Å². The van der Waals surface area contributed by atoms with Crippen molar-refractivity contribution < 1.29 is 14.5 Å². The third-order valence-corrected chi connectivity index (χ3v) is 4.83. The summed E-state index contributed by atoms with van der Waals surface area (Å²) in [7, 11) is 1.63. The molecule has 2 amide bonds. The smallest absolute Gasteiger partial charge is 0.319 e. The molecule has 1 saturated heterocycles. The minimum atomic E-state index is -0.491. The van der Waals surface area contributed by atoms with E-state index in [1.807, 2.05) is 24.3 Å². The number of methoxy groups -OCH3 is 1. The number of hydrogen-bond donors (Lipinski definition) is 2. The number of non-ortho nitro benzene ring substituents is 1. The molecular formula is C20H24N4O4. The zero-order valence-electron chi connectivity index (χ0n) is 15.8. The van der Waals surface area contributed by atoms with Crippen molar-refractivity contribution in [3.8, 4) is 5.75 Å². The summed E-state index contributed by atoms with van der Waals surface area (Å²) >= 11 is 0. The zero-order chi connectivity index (χ0) is 19.9. The molecule has 1 aliphatic rings. The van der Waals surface area contributed by atoms with Crippen LogP contribution in [0.1, 0.15) is 24.4 Å². The van der Waals surface area contributed by atoms with E-state index < -0.39 is 11.0 Å². The number of benzene rings is 2. The van der Waals surface area contributed by atoms with Crippen LogP contribution in [0.4, 0.5) is 16.2 Å². The number of carbonyl (C=O) groups excluding carboxylic acids is 1. The predicted octanol–water partition coefficient (Wildman–Crippen LogP) is 3.56. The first kappa shape index (κ1) is 19.6. The molecule has 2 aromatic carbocycles. The van der Waals surface area contributed by atoms with Crippen molar-refractivity contribution in [2.75, 3.05) is 32.1 Å². The number of nitrogens with zero attached hydrogens (tertiary/aromatic N) is 2. The highest BCUT2D eigenvalue weighted by atomic mass is 16.6. The summed E-state index contributed by atoms with van der Waals surface area (Å²) in [5.41, 5.74) is 1.40. The Labute approximate surface area is 163 Å². The Hall–Kier alpha value is -3.13. The van der Waals surface area contributed by atoms with Gasteiger partial charge in [0.25, 0.3) is 5.69 Å². The first-order valence-electron chi connectivity index (χ1n) is 9.24. The van der Waals surface area contributed by atoms with E-state index in [9.17, 15) is 14.9 Å². The molecule has 0 bridgehead atoms.